The van der Waals surface area contributed by atoms with Gasteiger partial charge in [0.1, 0.15) is 5.03 Å². The first-order valence-electron chi connectivity index (χ1n) is 4.52. The maximum absolute atomic E-state index is 5.70. The number of hydrogen-bond acceptors (Lipinski definition) is 4. The molecular weight excluding hydrogens is 220 g/mol. The van der Waals surface area contributed by atoms with Crippen molar-refractivity contribution in [1.29, 1.82) is 0 Å². The van der Waals surface area contributed by atoms with E-state index in [9.17, 15) is 0 Å². The molecule has 2 unspecified atom stereocenters. The largest absolute Gasteiger partial charge is 0.377 e. The smallest absolute Gasteiger partial charge is 0.223 e. The number of ether oxygens (including phenoxy) is 1. The summed E-state index contributed by atoms with van der Waals surface area (Å²) in [6.07, 6.45) is 3.06. The van der Waals surface area contributed by atoms with E-state index in [0.717, 1.165) is 18.1 Å². The molecule has 0 saturated carbocycles. The topological polar surface area (TPSA) is 35.0 Å². The number of rotatable bonds is 2. The van der Waals surface area contributed by atoms with Crippen LogP contribution in [-0.4, -0.2) is 27.9 Å². The second-order valence-electron chi connectivity index (χ2n) is 3.18. The van der Waals surface area contributed by atoms with Gasteiger partial charge in [0.25, 0.3) is 0 Å². The van der Waals surface area contributed by atoms with Crippen LogP contribution in [0.1, 0.15) is 13.3 Å². The van der Waals surface area contributed by atoms with Crippen molar-refractivity contribution in [2.24, 2.45) is 0 Å². The van der Waals surface area contributed by atoms with Gasteiger partial charge in [-0.15, -0.1) is 11.8 Å². The molecule has 76 valence electrons. The normalized spacial score (nSPS) is 26.7. The molecular formula is C9H11ClN2OS. The van der Waals surface area contributed by atoms with Crippen molar-refractivity contribution >= 4 is 23.4 Å². The summed E-state index contributed by atoms with van der Waals surface area (Å²) in [5, 5.41) is 1.72. The fraction of sp³-hybridized carbons (Fsp3) is 0.556. The van der Waals surface area contributed by atoms with Crippen molar-refractivity contribution in [3.8, 4) is 0 Å². The van der Waals surface area contributed by atoms with Gasteiger partial charge in [-0.3, -0.25) is 0 Å². The van der Waals surface area contributed by atoms with Crippen molar-refractivity contribution in [3.63, 3.8) is 0 Å². The van der Waals surface area contributed by atoms with Crippen LogP contribution in [0.3, 0.4) is 0 Å². The second-order valence-corrected chi connectivity index (χ2v) is 4.78. The molecule has 0 N–H and O–H groups in total. The lowest BCUT2D eigenvalue weighted by Gasteiger charge is -2.12. The Morgan fingerprint density at radius 3 is 3.14 bits per heavy atom. The molecule has 1 aliphatic heterocycles. The van der Waals surface area contributed by atoms with E-state index < -0.39 is 0 Å². The summed E-state index contributed by atoms with van der Waals surface area (Å²) < 4.78 is 5.47. The zero-order valence-corrected chi connectivity index (χ0v) is 9.38. The van der Waals surface area contributed by atoms with Gasteiger partial charge in [-0.05, 0) is 31.0 Å². The molecule has 2 heterocycles. The van der Waals surface area contributed by atoms with Gasteiger partial charge in [0.05, 0.1) is 6.10 Å². The lowest BCUT2D eigenvalue weighted by molar-refractivity contribution is 0.127. The molecule has 0 bridgehead atoms. The van der Waals surface area contributed by atoms with E-state index in [1.54, 1.807) is 18.0 Å². The van der Waals surface area contributed by atoms with E-state index in [-0.39, 0.29) is 0 Å². The number of hydrogen-bond donors (Lipinski definition) is 0. The Morgan fingerprint density at radius 1 is 1.64 bits per heavy atom. The van der Waals surface area contributed by atoms with Gasteiger partial charge in [0, 0.05) is 18.1 Å². The van der Waals surface area contributed by atoms with Crippen LogP contribution in [0.2, 0.25) is 5.28 Å². The van der Waals surface area contributed by atoms with E-state index in [1.165, 1.54) is 0 Å². The Morgan fingerprint density at radius 2 is 2.50 bits per heavy atom. The van der Waals surface area contributed by atoms with Gasteiger partial charge in [-0.25, -0.2) is 9.97 Å². The molecule has 0 aliphatic carbocycles. The van der Waals surface area contributed by atoms with E-state index >= 15 is 0 Å². The Balaban J connectivity index is 2.03. The fourth-order valence-corrected chi connectivity index (χ4v) is 2.68. The average Bonchev–Trinajstić information content (AvgIpc) is 2.52. The van der Waals surface area contributed by atoms with E-state index in [4.69, 9.17) is 16.3 Å². The highest BCUT2D eigenvalue weighted by Crippen LogP contribution is 2.31. The zero-order chi connectivity index (χ0) is 9.97. The average molecular weight is 231 g/mol. The Labute approximate surface area is 92.2 Å². The third-order valence-corrected chi connectivity index (χ3v) is 3.75. The molecule has 1 aromatic heterocycles. The number of aromatic nitrogens is 2. The summed E-state index contributed by atoms with van der Waals surface area (Å²) in [5.41, 5.74) is 0. The molecule has 1 aliphatic rings. The third kappa shape index (κ3) is 2.38. The Bertz CT molecular complexity index is 323. The van der Waals surface area contributed by atoms with Crippen molar-refractivity contribution in [2.45, 2.75) is 29.7 Å². The first-order valence-corrected chi connectivity index (χ1v) is 5.78. The molecule has 0 aromatic carbocycles. The summed E-state index contributed by atoms with van der Waals surface area (Å²) in [4.78, 5) is 7.98. The molecule has 5 heteroatoms. The molecule has 1 fully saturated rings. The van der Waals surface area contributed by atoms with Crippen molar-refractivity contribution in [3.05, 3.63) is 17.5 Å². The van der Waals surface area contributed by atoms with Crippen LogP contribution in [0.5, 0.6) is 0 Å². The van der Waals surface area contributed by atoms with E-state index in [1.807, 2.05) is 6.07 Å². The van der Waals surface area contributed by atoms with Crippen molar-refractivity contribution < 1.29 is 4.74 Å². The minimum atomic E-state index is 0.300. The minimum Gasteiger partial charge on any atom is -0.377 e. The van der Waals surface area contributed by atoms with Crippen LogP contribution in [0.15, 0.2) is 17.3 Å². The summed E-state index contributed by atoms with van der Waals surface area (Å²) >= 11 is 7.41. The predicted molar refractivity (Wildman–Crippen MR) is 56.7 cm³/mol. The molecule has 0 amide bonds. The highest BCUT2D eigenvalue weighted by Gasteiger charge is 2.25. The summed E-state index contributed by atoms with van der Waals surface area (Å²) in [5.74, 6) is 0. The lowest BCUT2D eigenvalue weighted by atomic mass is 10.3. The highest BCUT2D eigenvalue weighted by atomic mass is 35.5. The van der Waals surface area contributed by atoms with Gasteiger partial charge in [0.15, 0.2) is 0 Å². The minimum absolute atomic E-state index is 0.300. The first kappa shape index (κ1) is 10.2. The molecule has 2 atom stereocenters. The first-order chi connectivity index (χ1) is 6.75. The summed E-state index contributed by atoms with van der Waals surface area (Å²) in [6, 6.07) is 1.88. The molecule has 1 aromatic rings. The van der Waals surface area contributed by atoms with Crippen LogP contribution in [0.4, 0.5) is 0 Å². The van der Waals surface area contributed by atoms with Gasteiger partial charge in [0.2, 0.25) is 5.28 Å². The van der Waals surface area contributed by atoms with E-state index in [0.29, 0.717) is 16.6 Å². The molecule has 14 heavy (non-hydrogen) atoms. The van der Waals surface area contributed by atoms with Gasteiger partial charge in [-0.1, -0.05) is 0 Å². The van der Waals surface area contributed by atoms with Crippen molar-refractivity contribution in [1.82, 2.24) is 9.97 Å². The quantitative estimate of drug-likeness (QED) is 0.577. The lowest BCUT2D eigenvalue weighted by Crippen LogP contribution is -2.13. The zero-order valence-electron chi connectivity index (χ0n) is 7.81. The van der Waals surface area contributed by atoms with Crippen molar-refractivity contribution in [2.75, 3.05) is 6.61 Å². The SMILES string of the molecule is CC1OCCC1Sc1ccnc(Cl)n1. The number of nitrogens with zero attached hydrogens (tertiary/aromatic N) is 2. The number of halogens is 1. The third-order valence-electron chi connectivity index (χ3n) is 2.18. The standard InChI is InChI=1S/C9H11ClN2OS/c1-6-7(3-5-13-6)14-8-2-4-11-9(10)12-8/h2,4,6-7H,3,5H2,1H3. The van der Waals surface area contributed by atoms with Crippen LogP contribution in [0, 0.1) is 0 Å². The summed E-state index contributed by atoms with van der Waals surface area (Å²) in [7, 11) is 0. The van der Waals surface area contributed by atoms with Gasteiger partial charge < -0.3 is 4.74 Å². The monoisotopic (exact) mass is 230 g/mol. The maximum atomic E-state index is 5.70. The van der Waals surface area contributed by atoms with E-state index in [2.05, 4.69) is 16.9 Å². The van der Waals surface area contributed by atoms with Crippen LogP contribution < -0.4 is 0 Å². The van der Waals surface area contributed by atoms with Gasteiger partial charge in [-0.2, -0.15) is 0 Å². The van der Waals surface area contributed by atoms with Crippen LogP contribution in [-0.2, 0) is 4.74 Å². The number of thioether (sulfide) groups is 1. The maximum Gasteiger partial charge on any atom is 0.223 e. The van der Waals surface area contributed by atoms with Gasteiger partial charge >= 0.3 is 0 Å². The summed E-state index contributed by atoms with van der Waals surface area (Å²) in [6.45, 7) is 2.94. The molecule has 3 nitrogen and oxygen atoms in total. The molecule has 2 rings (SSSR count). The Kier molecular flexibility index (Phi) is 3.26. The molecule has 0 radical (unpaired) electrons. The molecule has 1 saturated heterocycles. The Hall–Kier alpha value is -0.320. The highest BCUT2D eigenvalue weighted by molar-refractivity contribution is 7.99. The van der Waals surface area contributed by atoms with Crippen LogP contribution >= 0.6 is 23.4 Å². The second kappa shape index (κ2) is 4.47. The van der Waals surface area contributed by atoms with Crippen LogP contribution in [0.25, 0.3) is 0 Å². The molecule has 0 spiro atoms. The fourth-order valence-electron chi connectivity index (χ4n) is 1.41. The predicted octanol–water partition coefficient (Wildman–Crippen LogP) is 2.40.